The molecule has 1 spiro atoms. The molecule has 140 valence electrons. The maximum absolute atomic E-state index is 5.64. The van der Waals surface area contributed by atoms with Crippen LogP contribution in [0.5, 0.6) is 0 Å². The number of aromatic nitrogens is 1. The fraction of sp³-hybridized carbons (Fsp3) is 0.667. The molecule has 1 atom stereocenters. The number of likely N-dealkylation sites (tertiary alicyclic amines) is 1. The van der Waals surface area contributed by atoms with E-state index in [-0.39, 0.29) is 24.0 Å². The molecule has 3 rings (SSSR count). The van der Waals surface area contributed by atoms with E-state index in [9.17, 15) is 0 Å². The van der Waals surface area contributed by atoms with Crippen molar-refractivity contribution in [2.24, 2.45) is 10.4 Å². The molecule has 7 heteroatoms. The maximum Gasteiger partial charge on any atom is 0.194 e. The summed E-state index contributed by atoms with van der Waals surface area (Å²) < 4.78 is 5.64. The highest BCUT2D eigenvalue weighted by Gasteiger charge is 2.42. The Morgan fingerprint density at radius 1 is 1.44 bits per heavy atom. The van der Waals surface area contributed by atoms with Gasteiger partial charge in [-0.25, -0.2) is 9.98 Å². The predicted octanol–water partition coefficient (Wildman–Crippen LogP) is 2.34. The molecule has 0 saturated carbocycles. The minimum atomic E-state index is 0. The largest absolute Gasteiger partial charge is 0.381 e. The third kappa shape index (κ3) is 4.75. The van der Waals surface area contributed by atoms with Gasteiger partial charge in [-0.1, -0.05) is 6.07 Å². The lowest BCUT2D eigenvalue weighted by atomic mass is 9.87. The summed E-state index contributed by atoms with van der Waals surface area (Å²) in [6.45, 7) is 7.56. The fourth-order valence-corrected chi connectivity index (χ4v) is 3.63. The van der Waals surface area contributed by atoms with E-state index in [1.54, 1.807) is 0 Å². The molecule has 3 heterocycles. The first-order valence-electron chi connectivity index (χ1n) is 8.86. The molecule has 0 aliphatic carbocycles. The van der Waals surface area contributed by atoms with Gasteiger partial charge in [0.2, 0.25) is 0 Å². The van der Waals surface area contributed by atoms with Crippen molar-refractivity contribution in [3.8, 4) is 0 Å². The lowest BCUT2D eigenvalue weighted by Crippen LogP contribution is -2.41. The summed E-state index contributed by atoms with van der Waals surface area (Å²) in [6.07, 6.45) is 4.21. The van der Waals surface area contributed by atoms with E-state index in [0.717, 1.165) is 50.2 Å². The van der Waals surface area contributed by atoms with E-state index >= 15 is 0 Å². The summed E-state index contributed by atoms with van der Waals surface area (Å²) in [5, 5.41) is 3.45. The van der Waals surface area contributed by atoms with E-state index < -0.39 is 0 Å². The second kappa shape index (κ2) is 9.02. The van der Waals surface area contributed by atoms with Gasteiger partial charge in [0, 0.05) is 57.5 Å². The van der Waals surface area contributed by atoms with Crippen LogP contribution in [0.3, 0.4) is 0 Å². The quantitative estimate of drug-likeness (QED) is 0.426. The first-order chi connectivity index (χ1) is 11.6. The van der Waals surface area contributed by atoms with Gasteiger partial charge in [0.15, 0.2) is 5.96 Å². The lowest BCUT2D eigenvalue weighted by Gasteiger charge is -2.25. The summed E-state index contributed by atoms with van der Waals surface area (Å²) >= 11 is 0. The van der Waals surface area contributed by atoms with Gasteiger partial charge in [0.05, 0.1) is 13.2 Å². The second-order valence-electron chi connectivity index (χ2n) is 7.02. The summed E-state index contributed by atoms with van der Waals surface area (Å²) in [5.74, 6) is 1.99. The maximum atomic E-state index is 5.64. The summed E-state index contributed by atoms with van der Waals surface area (Å²) in [4.78, 5) is 13.8. The molecular weight excluding hydrogens is 429 g/mol. The predicted molar refractivity (Wildman–Crippen MR) is 113 cm³/mol. The smallest absolute Gasteiger partial charge is 0.194 e. The Labute approximate surface area is 168 Å². The molecular formula is C18H30IN5O. The summed E-state index contributed by atoms with van der Waals surface area (Å²) in [6, 6.07) is 4.08. The Balaban J connectivity index is 0.00000225. The number of ether oxygens (including phenoxy) is 1. The number of anilines is 1. The van der Waals surface area contributed by atoms with E-state index in [0.29, 0.717) is 12.0 Å². The Hall–Kier alpha value is -1.09. The third-order valence-corrected chi connectivity index (χ3v) is 4.95. The highest BCUT2D eigenvalue weighted by Crippen LogP contribution is 2.38. The number of hydrogen-bond donors (Lipinski definition) is 1. The number of nitrogens with one attached hydrogen (secondary N) is 1. The standard InChI is InChI=1S/C18H29N5O.HI/c1-4-19-17(23-10-7-18(13-23)8-11-24-14-18)21-12-15-6-5-9-20-16(15)22(2)3;/h5-6,9H,4,7-8,10-14H2,1-3H3,(H,19,21);1H. The Kier molecular flexibility index (Phi) is 7.30. The van der Waals surface area contributed by atoms with Crippen LogP contribution in [-0.2, 0) is 11.3 Å². The van der Waals surface area contributed by atoms with Gasteiger partial charge in [-0.3, -0.25) is 0 Å². The molecule has 2 fully saturated rings. The molecule has 2 aliphatic rings. The van der Waals surface area contributed by atoms with E-state index in [1.165, 1.54) is 12.8 Å². The molecule has 0 bridgehead atoms. The molecule has 1 N–H and O–H groups in total. The van der Waals surface area contributed by atoms with Gasteiger partial charge < -0.3 is 19.9 Å². The number of hydrogen-bond acceptors (Lipinski definition) is 4. The van der Waals surface area contributed by atoms with Crippen LogP contribution in [0.25, 0.3) is 0 Å². The normalized spacial score (nSPS) is 23.0. The minimum Gasteiger partial charge on any atom is -0.381 e. The molecule has 1 unspecified atom stereocenters. The Morgan fingerprint density at radius 2 is 2.28 bits per heavy atom. The molecule has 2 saturated heterocycles. The zero-order chi connectivity index (χ0) is 17.0. The topological polar surface area (TPSA) is 53.0 Å². The monoisotopic (exact) mass is 459 g/mol. The fourth-order valence-electron chi connectivity index (χ4n) is 3.63. The lowest BCUT2D eigenvalue weighted by molar-refractivity contribution is 0.156. The molecule has 1 aromatic rings. The van der Waals surface area contributed by atoms with Crippen molar-refractivity contribution in [1.82, 2.24) is 15.2 Å². The zero-order valence-corrected chi connectivity index (χ0v) is 17.8. The second-order valence-corrected chi connectivity index (χ2v) is 7.02. The van der Waals surface area contributed by atoms with Crippen LogP contribution in [0, 0.1) is 5.41 Å². The summed E-state index contributed by atoms with van der Waals surface area (Å²) in [7, 11) is 4.04. The van der Waals surface area contributed by atoms with Crippen LogP contribution in [0.2, 0.25) is 0 Å². The Bertz CT molecular complexity index is 587. The van der Waals surface area contributed by atoms with E-state index in [1.807, 2.05) is 31.3 Å². The molecule has 25 heavy (non-hydrogen) atoms. The van der Waals surface area contributed by atoms with Gasteiger partial charge in [-0.15, -0.1) is 24.0 Å². The molecule has 1 aromatic heterocycles. The van der Waals surface area contributed by atoms with Crippen LogP contribution < -0.4 is 10.2 Å². The van der Waals surface area contributed by atoms with Gasteiger partial charge >= 0.3 is 0 Å². The van der Waals surface area contributed by atoms with Crippen molar-refractivity contribution in [1.29, 1.82) is 0 Å². The van der Waals surface area contributed by atoms with Crippen molar-refractivity contribution in [2.45, 2.75) is 26.3 Å². The molecule has 2 aliphatic heterocycles. The zero-order valence-electron chi connectivity index (χ0n) is 15.5. The van der Waals surface area contributed by atoms with Crippen molar-refractivity contribution in [3.05, 3.63) is 23.9 Å². The number of guanidine groups is 1. The average Bonchev–Trinajstić information content (AvgIpc) is 3.22. The number of aliphatic imine (C=N–C) groups is 1. The highest BCUT2D eigenvalue weighted by molar-refractivity contribution is 14.0. The summed E-state index contributed by atoms with van der Waals surface area (Å²) in [5.41, 5.74) is 1.50. The minimum absolute atomic E-state index is 0. The molecule has 6 nitrogen and oxygen atoms in total. The van der Waals surface area contributed by atoms with Gasteiger partial charge in [0.25, 0.3) is 0 Å². The van der Waals surface area contributed by atoms with Gasteiger partial charge in [0.1, 0.15) is 5.82 Å². The number of pyridine rings is 1. The van der Waals surface area contributed by atoms with Gasteiger partial charge in [-0.2, -0.15) is 0 Å². The number of halogens is 1. The van der Waals surface area contributed by atoms with Crippen LogP contribution in [0.4, 0.5) is 5.82 Å². The van der Waals surface area contributed by atoms with Crippen LogP contribution in [0.15, 0.2) is 23.3 Å². The highest BCUT2D eigenvalue weighted by atomic mass is 127. The van der Waals surface area contributed by atoms with Crippen LogP contribution in [0.1, 0.15) is 25.3 Å². The van der Waals surface area contributed by atoms with Crippen LogP contribution in [-0.4, -0.2) is 62.8 Å². The first-order valence-corrected chi connectivity index (χ1v) is 8.86. The van der Waals surface area contributed by atoms with E-state index in [2.05, 4.69) is 28.2 Å². The first kappa shape index (κ1) is 20.2. The SMILES string of the molecule is CCNC(=NCc1cccnc1N(C)C)N1CCC2(CCOC2)C1.I. The Morgan fingerprint density at radius 3 is 2.96 bits per heavy atom. The van der Waals surface area contributed by atoms with Gasteiger partial charge in [-0.05, 0) is 25.8 Å². The van der Waals surface area contributed by atoms with Crippen molar-refractivity contribution in [2.75, 3.05) is 51.8 Å². The van der Waals surface area contributed by atoms with Crippen LogP contribution >= 0.6 is 24.0 Å². The van der Waals surface area contributed by atoms with Crippen molar-refractivity contribution < 1.29 is 4.74 Å². The number of nitrogens with zero attached hydrogens (tertiary/aromatic N) is 4. The molecule has 0 aromatic carbocycles. The molecule has 0 radical (unpaired) electrons. The van der Waals surface area contributed by atoms with Crippen molar-refractivity contribution in [3.63, 3.8) is 0 Å². The number of rotatable bonds is 4. The average molecular weight is 459 g/mol. The third-order valence-electron chi connectivity index (χ3n) is 4.95. The molecule has 0 amide bonds. The van der Waals surface area contributed by atoms with E-state index in [4.69, 9.17) is 9.73 Å². The van der Waals surface area contributed by atoms with Crippen molar-refractivity contribution >= 4 is 35.8 Å².